The largest absolute Gasteiger partial charge is 0.496 e. The fourth-order valence-electron chi connectivity index (χ4n) is 7.84. The summed E-state index contributed by atoms with van der Waals surface area (Å²) in [5.41, 5.74) is 6.65. The molecular formula is C39H49Cl2N5O4. The Morgan fingerprint density at radius 3 is 2.30 bits per heavy atom. The Morgan fingerprint density at radius 1 is 0.900 bits per heavy atom. The number of benzene rings is 2. The monoisotopic (exact) mass is 721 g/mol. The summed E-state index contributed by atoms with van der Waals surface area (Å²) >= 11 is 13.6. The number of carbonyl (C=O) groups is 2. The molecule has 0 bridgehead atoms. The molecule has 0 spiro atoms. The third-order valence-electron chi connectivity index (χ3n) is 11.2. The molecule has 3 aliphatic heterocycles. The number of imide groups is 1. The van der Waals surface area contributed by atoms with Crippen molar-refractivity contribution in [1.82, 2.24) is 19.7 Å². The number of hydrogen-bond donors (Lipinski definition) is 2. The number of carbonyl (C=O) groups excluding carboxylic acids is 2. The number of anilines is 1. The summed E-state index contributed by atoms with van der Waals surface area (Å²) in [4.78, 5) is 41.1. The highest BCUT2D eigenvalue weighted by Gasteiger charge is 2.28. The van der Waals surface area contributed by atoms with Crippen LogP contribution in [0.2, 0.25) is 10.0 Å². The van der Waals surface area contributed by atoms with E-state index in [-0.39, 0.29) is 17.4 Å². The summed E-state index contributed by atoms with van der Waals surface area (Å²) in [6.07, 6.45) is 8.46. The molecule has 0 radical (unpaired) electrons. The molecule has 1 unspecified atom stereocenters. The number of ether oxygens (including phenoxy) is 1. The topological polar surface area (TPSA) is 95.9 Å². The van der Waals surface area contributed by atoms with Gasteiger partial charge in [-0.05, 0) is 138 Å². The molecule has 2 N–H and O–H groups in total. The number of rotatable bonds is 10. The van der Waals surface area contributed by atoms with Gasteiger partial charge in [-0.2, -0.15) is 0 Å². The van der Waals surface area contributed by atoms with Gasteiger partial charge in [0.25, 0.3) is 5.56 Å². The smallest absolute Gasteiger partial charge is 0.253 e. The number of pyridine rings is 1. The van der Waals surface area contributed by atoms with Gasteiger partial charge in [0.1, 0.15) is 11.8 Å². The van der Waals surface area contributed by atoms with Crippen LogP contribution in [0.1, 0.15) is 73.1 Å². The molecule has 0 aliphatic carbocycles. The van der Waals surface area contributed by atoms with E-state index in [1.807, 2.05) is 44.3 Å². The lowest BCUT2D eigenvalue weighted by Crippen LogP contribution is -2.47. The van der Waals surface area contributed by atoms with E-state index in [0.29, 0.717) is 23.8 Å². The van der Waals surface area contributed by atoms with Crippen LogP contribution in [0.4, 0.5) is 5.69 Å². The maximum Gasteiger partial charge on any atom is 0.253 e. The van der Waals surface area contributed by atoms with Crippen molar-refractivity contribution in [3.05, 3.63) is 79.2 Å². The van der Waals surface area contributed by atoms with Crippen molar-refractivity contribution in [2.24, 2.45) is 13.0 Å². The second kappa shape index (κ2) is 15.9. The predicted octanol–water partition coefficient (Wildman–Crippen LogP) is 6.68. The van der Waals surface area contributed by atoms with E-state index in [1.165, 1.54) is 24.8 Å². The van der Waals surface area contributed by atoms with Gasteiger partial charge < -0.3 is 19.5 Å². The highest BCUT2D eigenvalue weighted by molar-refractivity contribution is 6.32. The van der Waals surface area contributed by atoms with Gasteiger partial charge >= 0.3 is 0 Å². The second-order valence-electron chi connectivity index (χ2n) is 14.4. The molecule has 1 atom stereocenters. The van der Waals surface area contributed by atoms with Crippen LogP contribution in [0.25, 0.3) is 11.1 Å². The number of nitrogens with one attached hydrogen (secondary N) is 2. The number of hydrogen-bond acceptors (Lipinski definition) is 7. The van der Waals surface area contributed by atoms with Gasteiger partial charge in [-0.15, -0.1) is 0 Å². The van der Waals surface area contributed by atoms with Gasteiger partial charge in [0.15, 0.2) is 0 Å². The van der Waals surface area contributed by atoms with E-state index >= 15 is 0 Å². The fourth-order valence-corrected chi connectivity index (χ4v) is 8.44. The van der Waals surface area contributed by atoms with Crippen LogP contribution in [-0.4, -0.2) is 72.1 Å². The number of halogens is 2. The Labute approximate surface area is 305 Å². The van der Waals surface area contributed by atoms with Gasteiger partial charge in [-0.25, -0.2) is 0 Å². The molecule has 3 aromatic rings. The molecule has 9 nitrogen and oxygen atoms in total. The zero-order valence-electron chi connectivity index (χ0n) is 29.6. The zero-order valence-corrected chi connectivity index (χ0v) is 31.1. The second-order valence-corrected chi connectivity index (χ2v) is 15.2. The van der Waals surface area contributed by atoms with Gasteiger partial charge in [-0.1, -0.05) is 29.3 Å². The number of methoxy groups -OCH3 is 1. The van der Waals surface area contributed by atoms with Crippen molar-refractivity contribution in [2.75, 3.05) is 45.2 Å². The van der Waals surface area contributed by atoms with Crippen LogP contribution < -0.4 is 20.9 Å². The summed E-state index contributed by atoms with van der Waals surface area (Å²) in [6, 6.07) is 9.65. The van der Waals surface area contributed by atoms with Gasteiger partial charge in [0.05, 0.1) is 7.11 Å². The molecule has 4 heterocycles. The van der Waals surface area contributed by atoms with E-state index in [2.05, 4.69) is 26.5 Å². The molecule has 3 fully saturated rings. The SMILES string of the molecule is COc1cc(-c2cn(C)c(=O)c(C)c2C)cc(Cl)c1CN1CCC(CCN2CCC(c3ccc(NC4CCC(=O)NC4=O)cc3Cl)CC2)CC1. The summed E-state index contributed by atoms with van der Waals surface area (Å²) in [6.45, 7) is 9.96. The molecule has 3 aliphatic rings. The third-order valence-corrected chi connectivity index (χ3v) is 11.8. The van der Waals surface area contributed by atoms with E-state index in [1.54, 1.807) is 18.7 Å². The maximum atomic E-state index is 12.4. The third kappa shape index (κ3) is 8.23. The van der Waals surface area contributed by atoms with Crippen molar-refractivity contribution in [3.63, 3.8) is 0 Å². The van der Waals surface area contributed by atoms with Gasteiger partial charge in [0, 0.05) is 58.6 Å². The van der Waals surface area contributed by atoms with Crippen LogP contribution >= 0.6 is 23.2 Å². The molecule has 6 rings (SSSR count). The first-order valence-corrected chi connectivity index (χ1v) is 18.6. The lowest BCUT2D eigenvalue weighted by atomic mass is 9.88. The Hall–Kier alpha value is -3.37. The summed E-state index contributed by atoms with van der Waals surface area (Å²) in [7, 11) is 3.48. The number of aromatic nitrogens is 1. The molecule has 2 amide bonds. The molecule has 3 saturated heterocycles. The van der Waals surface area contributed by atoms with Crippen LogP contribution in [0.15, 0.2) is 41.3 Å². The van der Waals surface area contributed by atoms with Gasteiger partial charge in [0.2, 0.25) is 11.8 Å². The summed E-state index contributed by atoms with van der Waals surface area (Å²) < 4.78 is 7.47. The highest BCUT2D eigenvalue weighted by Crippen LogP contribution is 2.37. The maximum absolute atomic E-state index is 12.4. The van der Waals surface area contributed by atoms with E-state index < -0.39 is 6.04 Å². The van der Waals surface area contributed by atoms with Crippen molar-refractivity contribution < 1.29 is 14.3 Å². The van der Waals surface area contributed by atoms with E-state index in [4.69, 9.17) is 27.9 Å². The van der Waals surface area contributed by atoms with Crippen LogP contribution in [-0.2, 0) is 23.2 Å². The fraction of sp³-hybridized carbons (Fsp3) is 0.513. The molecule has 268 valence electrons. The number of amides is 2. The van der Waals surface area contributed by atoms with Crippen molar-refractivity contribution in [1.29, 1.82) is 0 Å². The number of aryl methyl sites for hydroxylation is 1. The Kier molecular flexibility index (Phi) is 11.6. The normalized spacial score (nSPS) is 19.8. The molecule has 1 aromatic heterocycles. The summed E-state index contributed by atoms with van der Waals surface area (Å²) in [5, 5.41) is 7.05. The molecule has 50 heavy (non-hydrogen) atoms. The number of likely N-dealkylation sites (tertiary alicyclic amines) is 2. The summed E-state index contributed by atoms with van der Waals surface area (Å²) in [5.74, 6) is 1.44. The van der Waals surface area contributed by atoms with Crippen molar-refractivity contribution in [2.45, 2.75) is 77.3 Å². The average Bonchev–Trinajstić information content (AvgIpc) is 3.11. The number of piperidine rings is 3. The predicted molar refractivity (Wildman–Crippen MR) is 200 cm³/mol. The van der Waals surface area contributed by atoms with Crippen LogP contribution in [0.5, 0.6) is 5.75 Å². The van der Waals surface area contributed by atoms with Crippen molar-refractivity contribution in [3.8, 4) is 16.9 Å². The quantitative estimate of drug-likeness (QED) is 0.226. The zero-order chi connectivity index (χ0) is 35.5. The Morgan fingerprint density at radius 2 is 1.62 bits per heavy atom. The van der Waals surface area contributed by atoms with Gasteiger partial charge in [-0.3, -0.25) is 24.6 Å². The minimum Gasteiger partial charge on any atom is -0.496 e. The molecule has 2 aromatic carbocycles. The minimum atomic E-state index is -0.418. The van der Waals surface area contributed by atoms with E-state index in [9.17, 15) is 14.4 Å². The number of nitrogens with zero attached hydrogens (tertiary/aromatic N) is 3. The molecule has 11 heteroatoms. The standard InChI is InChI=1S/C39H49Cl2N5O4/c1-24-25(2)39(49)44(3)22-31(24)28-19-33(40)32(36(20-28)50-4)23-46-15-10-26(11-16-46)9-14-45-17-12-27(13-18-45)30-6-5-29(21-34(30)41)42-35-7-8-37(47)43-38(35)48/h5-6,19-22,26-27,35,42H,7-18,23H2,1-4H3,(H,43,47,48). The lowest BCUT2D eigenvalue weighted by Gasteiger charge is -2.36. The van der Waals surface area contributed by atoms with E-state index in [0.717, 1.165) is 102 Å². The Balaban J connectivity index is 0.957. The van der Waals surface area contributed by atoms with Crippen LogP contribution in [0, 0.1) is 19.8 Å². The van der Waals surface area contributed by atoms with Crippen LogP contribution in [0.3, 0.4) is 0 Å². The average molecular weight is 723 g/mol. The first-order chi connectivity index (χ1) is 24.0. The minimum absolute atomic E-state index is 0.0153. The van der Waals surface area contributed by atoms with Crippen molar-refractivity contribution >= 4 is 40.7 Å². The first-order valence-electron chi connectivity index (χ1n) is 17.9. The first kappa shape index (κ1) is 36.4. The molecular weight excluding hydrogens is 673 g/mol. The highest BCUT2D eigenvalue weighted by atomic mass is 35.5. The molecule has 0 saturated carbocycles. The Bertz CT molecular complexity index is 1790. The lowest BCUT2D eigenvalue weighted by molar-refractivity contribution is -0.133.